The minimum Gasteiger partial charge on any atom is -0.598 e. The first kappa shape index (κ1) is 7.38. The second kappa shape index (κ2) is 2.15. The Morgan fingerprint density at radius 1 is 1.56 bits per heavy atom. The molecule has 9 heavy (non-hydrogen) atoms. The van der Waals surface area contributed by atoms with Crippen LogP contribution in [-0.2, 0) is 11.4 Å². The maximum absolute atomic E-state index is 11.0. The van der Waals surface area contributed by atoms with E-state index in [0.717, 1.165) is 12.2 Å². The third-order valence-corrected chi connectivity index (χ3v) is 3.70. The molecule has 0 aromatic heterocycles. The normalized spacial score (nSPS) is 35.3. The van der Waals surface area contributed by atoms with E-state index in [0.29, 0.717) is 0 Å². The molecular formula is C6H13NOS. The second-order valence-electron chi connectivity index (χ2n) is 3.09. The van der Waals surface area contributed by atoms with E-state index in [1.54, 1.807) is 0 Å². The van der Waals surface area contributed by atoms with Crippen LogP contribution in [0.4, 0.5) is 0 Å². The van der Waals surface area contributed by atoms with Gasteiger partial charge in [0.25, 0.3) is 0 Å². The molecule has 1 fully saturated rings. The maximum Gasteiger partial charge on any atom is 0.127 e. The summed E-state index contributed by atoms with van der Waals surface area (Å²) >= 11 is -0.704. The van der Waals surface area contributed by atoms with Crippen molar-refractivity contribution in [3.05, 3.63) is 0 Å². The quantitative estimate of drug-likeness (QED) is 0.473. The zero-order chi connectivity index (χ0) is 7.07. The molecule has 0 amide bonds. The van der Waals surface area contributed by atoms with E-state index >= 15 is 0 Å². The van der Waals surface area contributed by atoms with E-state index in [1.165, 1.54) is 0 Å². The molecule has 0 aromatic rings. The molecule has 1 rings (SSSR count). The highest BCUT2D eigenvalue weighted by atomic mass is 32.2. The summed E-state index contributed by atoms with van der Waals surface area (Å²) in [5, 5.41) is 0. The van der Waals surface area contributed by atoms with E-state index in [9.17, 15) is 4.55 Å². The lowest BCUT2D eigenvalue weighted by Gasteiger charge is -2.24. The van der Waals surface area contributed by atoms with Crippen molar-refractivity contribution in [2.45, 2.75) is 25.8 Å². The maximum atomic E-state index is 11.0. The summed E-state index contributed by atoms with van der Waals surface area (Å²) in [5.74, 6) is 0.837. The average molecular weight is 147 g/mol. The summed E-state index contributed by atoms with van der Waals surface area (Å²) in [7, 11) is 1.92. The zero-order valence-corrected chi connectivity index (χ0v) is 6.99. The van der Waals surface area contributed by atoms with Gasteiger partial charge in [-0.25, -0.2) is 0 Å². The lowest BCUT2D eigenvalue weighted by molar-refractivity contribution is 0.289. The summed E-state index contributed by atoms with van der Waals surface area (Å²) in [6, 6.07) is 0. The Hall–Kier alpha value is 0.270. The van der Waals surface area contributed by atoms with Gasteiger partial charge in [0.1, 0.15) is 5.75 Å². The largest absolute Gasteiger partial charge is 0.598 e. The Morgan fingerprint density at radius 2 is 2.11 bits per heavy atom. The number of nitrogens with zero attached hydrogens (tertiary/aromatic N) is 1. The van der Waals surface area contributed by atoms with Gasteiger partial charge in [0.15, 0.2) is 0 Å². The van der Waals surface area contributed by atoms with Crippen molar-refractivity contribution in [2.75, 3.05) is 12.8 Å². The predicted molar refractivity (Wildman–Crippen MR) is 39.5 cm³/mol. The number of rotatable bonds is 0. The minimum atomic E-state index is -0.704. The van der Waals surface area contributed by atoms with Gasteiger partial charge in [-0.15, -0.1) is 4.31 Å². The minimum absolute atomic E-state index is 0.158. The molecule has 2 nitrogen and oxygen atoms in total. The molecule has 1 atom stereocenters. The lowest BCUT2D eigenvalue weighted by atomic mass is 10.0. The third kappa shape index (κ3) is 1.23. The van der Waals surface area contributed by atoms with Crippen molar-refractivity contribution in [1.82, 2.24) is 4.31 Å². The molecule has 1 saturated heterocycles. The lowest BCUT2D eigenvalue weighted by Crippen LogP contribution is -2.36. The van der Waals surface area contributed by atoms with Crippen LogP contribution >= 0.6 is 0 Å². The highest BCUT2D eigenvalue weighted by molar-refractivity contribution is 7.89. The topological polar surface area (TPSA) is 26.3 Å². The van der Waals surface area contributed by atoms with Crippen LogP contribution in [0.1, 0.15) is 20.3 Å². The van der Waals surface area contributed by atoms with Gasteiger partial charge in [-0.05, 0) is 13.8 Å². The van der Waals surface area contributed by atoms with Gasteiger partial charge in [0.2, 0.25) is 0 Å². The standard InChI is InChI=1S/C6H13NOS/c1-6(2)4-5-9(8)7(6)3/h4-5H2,1-3H3. The van der Waals surface area contributed by atoms with E-state index in [-0.39, 0.29) is 5.54 Å². The molecule has 0 radical (unpaired) electrons. The molecule has 0 N–H and O–H groups in total. The predicted octanol–water partition coefficient (Wildman–Crippen LogP) is 0.764. The molecule has 1 unspecified atom stereocenters. The van der Waals surface area contributed by atoms with Gasteiger partial charge in [0, 0.05) is 24.8 Å². The molecule has 1 aliphatic rings. The summed E-state index contributed by atoms with van der Waals surface area (Å²) < 4.78 is 13.0. The van der Waals surface area contributed by atoms with Crippen LogP contribution in [0.25, 0.3) is 0 Å². The fourth-order valence-electron chi connectivity index (χ4n) is 0.907. The molecule has 3 heteroatoms. The highest BCUT2D eigenvalue weighted by Gasteiger charge is 2.39. The Morgan fingerprint density at radius 3 is 2.22 bits per heavy atom. The molecule has 0 aromatic carbocycles. The monoisotopic (exact) mass is 147 g/mol. The summed E-state index contributed by atoms with van der Waals surface area (Å²) in [6.07, 6.45) is 1.05. The van der Waals surface area contributed by atoms with Crippen LogP contribution in [0, 0.1) is 0 Å². The SMILES string of the molecule is CN1[S+]([O-])CCC1(C)C. The van der Waals surface area contributed by atoms with Gasteiger partial charge in [-0.3, -0.25) is 0 Å². The van der Waals surface area contributed by atoms with Gasteiger partial charge in [-0.1, -0.05) is 0 Å². The van der Waals surface area contributed by atoms with Crippen molar-refractivity contribution >= 4 is 11.4 Å². The van der Waals surface area contributed by atoms with E-state index < -0.39 is 11.4 Å². The van der Waals surface area contributed by atoms with E-state index in [1.807, 2.05) is 11.4 Å². The molecule has 54 valence electrons. The van der Waals surface area contributed by atoms with Crippen molar-refractivity contribution < 1.29 is 4.55 Å². The Labute approximate surface area is 59.5 Å². The van der Waals surface area contributed by atoms with Crippen LogP contribution in [0.15, 0.2) is 0 Å². The smallest absolute Gasteiger partial charge is 0.127 e. The number of hydrogen-bond donors (Lipinski definition) is 0. The highest BCUT2D eigenvalue weighted by Crippen LogP contribution is 2.28. The van der Waals surface area contributed by atoms with Crippen LogP contribution in [-0.4, -0.2) is 27.2 Å². The molecular weight excluding hydrogens is 134 g/mol. The van der Waals surface area contributed by atoms with Crippen LogP contribution < -0.4 is 0 Å². The average Bonchev–Trinajstić information content (AvgIpc) is 1.97. The van der Waals surface area contributed by atoms with Gasteiger partial charge >= 0.3 is 0 Å². The van der Waals surface area contributed by atoms with E-state index in [2.05, 4.69) is 13.8 Å². The molecule has 0 bridgehead atoms. The van der Waals surface area contributed by atoms with Crippen molar-refractivity contribution in [1.29, 1.82) is 0 Å². The van der Waals surface area contributed by atoms with Crippen molar-refractivity contribution in [3.63, 3.8) is 0 Å². The summed E-state index contributed by atoms with van der Waals surface area (Å²) in [5.41, 5.74) is 0.158. The Kier molecular flexibility index (Phi) is 1.76. The first-order valence-electron chi connectivity index (χ1n) is 3.16. The third-order valence-electron chi connectivity index (χ3n) is 2.05. The molecule has 0 aliphatic carbocycles. The first-order valence-corrected chi connectivity index (χ1v) is 4.44. The molecule has 1 heterocycles. The second-order valence-corrected chi connectivity index (χ2v) is 4.68. The number of hydrogen-bond acceptors (Lipinski definition) is 2. The Bertz CT molecular complexity index is 116. The van der Waals surface area contributed by atoms with Crippen molar-refractivity contribution in [3.8, 4) is 0 Å². The first-order chi connectivity index (χ1) is 4.04. The molecule has 1 aliphatic heterocycles. The fourth-order valence-corrected chi connectivity index (χ4v) is 2.50. The summed E-state index contributed by atoms with van der Waals surface area (Å²) in [4.78, 5) is 0. The van der Waals surface area contributed by atoms with Gasteiger partial charge < -0.3 is 4.55 Å². The van der Waals surface area contributed by atoms with Crippen LogP contribution in [0.2, 0.25) is 0 Å². The van der Waals surface area contributed by atoms with Gasteiger partial charge in [-0.2, -0.15) is 0 Å². The Balaban J connectivity index is 2.62. The molecule has 0 saturated carbocycles. The fraction of sp³-hybridized carbons (Fsp3) is 1.00. The zero-order valence-electron chi connectivity index (χ0n) is 6.18. The van der Waals surface area contributed by atoms with Crippen LogP contribution in [0.5, 0.6) is 0 Å². The van der Waals surface area contributed by atoms with Gasteiger partial charge in [0.05, 0.1) is 5.54 Å². The summed E-state index contributed by atoms with van der Waals surface area (Å²) in [6.45, 7) is 4.25. The molecule has 0 spiro atoms. The van der Waals surface area contributed by atoms with Crippen LogP contribution in [0.3, 0.4) is 0 Å². The van der Waals surface area contributed by atoms with Crippen molar-refractivity contribution in [2.24, 2.45) is 0 Å². The van der Waals surface area contributed by atoms with E-state index in [4.69, 9.17) is 0 Å².